The van der Waals surface area contributed by atoms with Gasteiger partial charge in [0.05, 0.1) is 6.07 Å². The molecule has 0 aromatic rings. The maximum absolute atomic E-state index is 12.9. The maximum Gasteiger partial charge on any atom is 0.325 e. The van der Waals surface area contributed by atoms with Gasteiger partial charge in [0.25, 0.3) is 5.91 Å². The van der Waals surface area contributed by atoms with Crippen LogP contribution in [0.15, 0.2) is 0 Å². The van der Waals surface area contributed by atoms with Gasteiger partial charge in [-0.3, -0.25) is 14.5 Å². The molecule has 25 heavy (non-hydrogen) atoms. The Morgan fingerprint density at radius 1 is 1.24 bits per heavy atom. The highest BCUT2D eigenvalue weighted by Crippen LogP contribution is 2.38. The van der Waals surface area contributed by atoms with Gasteiger partial charge < -0.3 is 10.6 Å². The van der Waals surface area contributed by atoms with E-state index in [0.717, 1.165) is 43.4 Å². The van der Waals surface area contributed by atoms with E-state index in [9.17, 15) is 19.6 Å². The minimum absolute atomic E-state index is 0.0644. The standard InChI is InChI=1S/C18H26N4O3/c1-13-7-3-6-10-18(13)15(24)22(16(25)21-18)11-14(23)20-17(12-19)8-4-2-5-9-17/h13H,2-11H2,1H3,(H,20,23)(H,21,25)/t13-,18+/m0/s1. The fourth-order valence-electron chi connectivity index (χ4n) is 4.51. The highest BCUT2D eigenvalue weighted by Gasteiger charge is 2.55. The molecule has 7 nitrogen and oxygen atoms in total. The third-order valence-electron chi connectivity index (χ3n) is 6.10. The number of rotatable bonds is 3. The monoisotopic (exact) mass is 346 g/mol. The Labute approximate surface area is 148 Å². The number of nitrogens with one attached hydrogen (secondary N) is 2. The number of hydrogen-bond acceptors (Lipinski definition) is 4. The third kappa shape index (κ3) is 3.10. The molecule has 0 bridgehead atoms. The summed E-state index contributed by atoms with van der Waals surface area (Å²) < 4.78 is 0. The summed E-state index contributed by atoms with van der Waals surface area (Å²) in [6.45, 7) is 1.66. The first-order valence-corrected chi connectivity index (χ1v) is 9.29. The Hall–Kier alpha value is -2.10. The molecule has 2 N–H and O–H groups in total. The second-order valence-corrected chi connectivity index (χ2v) is 7.74. The van der Waals surface area contributed by atoms with Gasteiger partial charge in [-0.05, 0) is 31.6 Å². The van der Waals surface area contributed by atoms with Crippen LogP contribution in [-0.4, -0.2) is 40.4 Å². The maximum atomic E-state index is 12.9. The number of nitrogens with zero attached hydrogens (tertiary/aromatic N) is 2. The van der Waals surface area contributed by atoms with Crippen molar-refractivity contribution in [3.05, 3.63) is 0 Å². The van der Waals surface area contributed by atoms with E-state index in [1.54, 1.807) is 0 Å². The molecule has 0 aromatic carbocycles. The van der Waals surface area contributed by atoms with Gasteiger partial charge in [-0.25, -0.2) is 4.79 Å². The van der Waals surface area contributed by atoms with Gasteiger partial charge in [-0.15, -0.1) is 0 Å². The molecule has 0 aromatic heterocycles. The third-order valence-corrected chi connectivity index (χ3v) is 6.10. The molecule has 1 heterocycles. The summed E-state index contributed by atoms with van der Waals surface area (Å²) in [5.74, 6) is -0.670. The summed E-state index contributed by atoms with van der Waals surface area (Å²) in [4.78, 5) is 38.7. The van der Waals surface area contributed by atoms with Crippen LogP contribution < -0.4 is 10.6 Å². The fraction of sp³-hybridized carbons (Fsp3) is 0.778. The van der Waals surface area contributed by atoms with Crippen molar-refractivity contribution in [1.29, 1.82) is 5.26 Å². The number of urea groups is 1. The molecule has 1 saturated heterocycles. The molecule has 0 unspecified atom stereocenters. The average Bonchev–Trinajstić information content (AvgIpc) is 2.83. The first kappa shape index (κ1) is 17.7. The number of amides is 4. The summed E-state index contributed by atoms with van der Waals surface area (Å²) in [6, 6.07) is 1.73. The minimum Gasteiger partial charge on any atom is -0.336 e. The lowest BCUT2D eigenvalue weighted by atomic mass is 9.73. The fourth-order valence-corrected chi connectivity index (χ4v) is 4.51. The molecule has 2 saturated carbocycles. The molecule has 7 heteroatoms. The van der Waals surface area contributed by atoms with E-state index in [0.29, 0.717) is 19.3 Å². The van der Waals surface area contributed by atoms with Gasteiger partial charge in [-0.2, -0.15) is 5.26 Å². The largest absolute Gasteiger partial charge is 0.336 e. The van der Waals surface area contributed by atoms with Crippen molar-refractivity contribution < 1.29 is 14.4 Å². The van der Waals surface area contributed by atoms with Crippen molar-refractivity contribution in [3.8, 4) is 6.07 Å². The Balaban J connectivity index is 1.68. The van der Waals surface area contributed by atoms with Crippen molar-refractivity contribution in [1.82, 2.24) is 15.5 Å². The molecule has 1 aliphatic heterocycles. The first-order valence-electron chi connectivity index (χ1n) is 9.29. The number of nitriles is 1. The highest BCUT2D eigenvalue weighted by molar-refractivity contribution is 6.09. The molecule has 4 amide bonds. The van der Waals surface area contributed by atoms with E-state index in [4.69, 9.17) is 0 Å². The van der Waals surface area contributed by atoms with Crippen LogP contribution in [0.1, 0.15) is 64.7 Å². The molecule has 2 aliphatic carbocycles. The SMILES string of the molecule is C[C@H]1CCCC[C@@]12NC(=O)N(CC(=O)NC1(C#N)CCCCC1)C2=O. The lowest BCUT2D eigenvalue weighted by Gasteiger charge is -2.37. The smallest absolute Gasteiger partial charge is 0.325 e. The highest BCUT2D eigenvalue weighted by atomic mass is 16.2. The molecular weight excluding hydrogens is 320 g/mol. The van der Waals surface area contributed by atoms with Crippen LogP contribution in [-0.2, 0) is 9.59 Å². The predicted molar refractivity (Wildman–Crippen MR) is 90.2 cm³/mol. The van der Waals surface area contributed by atoms with E-state index >= 15 is 0 Å². The van der Waals surface area contributed by atoms with Crippen LogP contribution >= 0.6 is 0 Å². The topological polar surface area (TPSA) is 102 Å². The number of carbonyl (C=O) groups excluding carboxylic acids is 3. The lowest BCUT2D eigenvalue weighted by Crippen LogP contribution is -2.55. The van der Waals surface area contributed by atoms with Gasteiger partial charge >= 0.3 is 6.03 Å². The average molecular weight is 346 g/mol. The summed E-state index contributed by atoms with van der Waals surface area (Å²) in [7, 11) is 0. The predicted octanol–water partition coefficient (Wildman–Crippen LogP) is 1.83. The second-order valence-electron chi connectivity index (χ2n) is 7.74. The van der Waals surface area contributed by atoms with Crippen LogP contribution in [0.2, 0.25) is 0 Å². The van der Waals surface area contributed by atoms with Crippen LogP contribution in [0.3, 0.4) is 0 Å². The Kier molecular flexibility index (Phi) is 4.72. The Bertz CT molecular complexity index is 620. The lowest BCUT2D eigenvalue weighted by molar-refractivity contribution is -0.137. The number of carbonyl (C=O) groups is 3. The van der Waals surface area contributed by atoms with Crippen LogP contribution in [0, 0.1) is 17.2 Å². The summed E-state index contributed by atoms with van der Waals surface area (Å²) >= 11 is 0. The summed E-state index contributed by atoms with van der Waals surface area (Å²) in [6.07, 6.45) is 7.57. The van der Waals surface area contributed by atoms with E-state index in [-0.39, 0.29) is 18.4 Å². The zero-order valence-electron chi connectivity index (χ0n) is 14.8. The van der Waals surface area contributed by atoms with E-state index in [2.05, 4.69) is 16.7 Å². The van der Waals surface area contributed by atoms with Crippen molar-refractivity contribution in [3.63, 3.8) is 0 Å². The van der Waals surface area contributed by atoms with Crippen LogP contribution in [0.4, 0.5) is 4.79 Å². The molecule has 3 aliphatic rings. The molecular formula is C18H26N4O3. The van der Waals surface area contributed by atoms with Gasteiger partial charge in [0.1, 0.15) is 17.6 Å². The van der Waals surface area contributed by atoms with Crippen molar-refractivity contribution in [2.24, 2.45) is 5.92 Å². The second kappa shape index (κ2) is 6.66. The minimum atomic E-state index is -0.857. The summed E-state index contributed by atoms with van der Waals surface area (Å²) in [5.41, 5.74) is -1.71. The van der Waals surface area contributed by atoms with E-state index < -0.39 is 23.0 Å². The quantitative estimate of drug-likeness (QED) is 0.761. The molecule has 136 valence electrons. The summed E-state index contributed by atoms with van der Waals surface area (Å²) in [5, 5.41) is 15.1. The first-order chi connectivity index (χ1) is 11.9. The van der Waals surface area contributed by atoms with Crippen LogP contribution in [0.25, 0.3) is 0 Å². The Morgan fingerprint density at radius 3 is 2.56 bits per heavy atom. The Morgan fingerprint density at radius 2 is 1.92 bits per heavy atom. The van der Waals surface area contributed by atoms with Crippen LogP contribution in [0.5, 0.6) is 0 Å². The van der Waals surface area contributed by atoms with Gasteiger partial charge in [0, 0.05) is 0 Å². The molecule has 2 atom stereocenters. The van der Waals surface area contributed by atoms with Gasteiger partial charge in [-0.1, -0.05) is 39.0 Å². The van der Waals surface area contributed by atoms with Crippen molar-refractivity contribution in [2.75, 3.05) is 6.54 Å². The van der Waals surface area contributed by atoms with Gasteiger partial charge in [0.15, 0.2) is 0 Å². The number of imide groups is 1. The van der Waals surface area contributed by atoms with Crippen molar-refractivity contribution >= 4 is 17.8 Å². The molecule has 3 fully saturated rings. The molecule has 1 spiro atoms. The molecule has 0 radical (unpaired) electrons. The molecule has 3 rings (SSSR count). The number of hydrogen-bond donors (Lipinski definition) is 2. The zero-order valence-corrected chi connectivity index (χ0v) is 14.8. The zero-order chi connectivity index (χ0) is 18.1. The van der Waals surface area contributed by atoms with Gasteiger partial charge in [0.2, 0.25) is 5.91 Å². The van der Waals surface area contributed by atoms with Crippen molar-refractivity contribution in [2.45, 2.75) is 75.8 Å². The van der Waals surface area contributed by atoms with E-state index in [1.165, 1.54) is 0 Å². The van der Waals surface area contributed by atoms with E-state index in [1.807, 2.05) is 6.92 Å². The normalized spacial score (nSPS) is 31.5.